The largest absolute Gasteiger partial charge is 0.471 e. The molecule has 1 rings (SSSR count). The second kappa shape index (κ2) is 4.11. The lowest BCUT2D eigenvalue weighted by atomic mass is 10.4. The summed E-state index contributed by atoms with van der Waals surface area (Å²) in [5.74, 6) is 0.0855. The summed E-state index contributed by atoms with van der Waals surface area (Å²) in [4.78, 5) is 3.68. The Morgan fingerprint density at radius 1 is 1.38 bits per heavy atom. The van der Waals surface area contributed by atoms with E-state index >= 15 is 0 Å². The average molecular weight is 191 g/mol. The molecule has 0 aromatic carbocycles. The van der Waals surface area contributed by atoms with Gasteiger partial charge in [-0.2, -0.15) is 13.2 Å². The highest BCUT2D eigenvalue weighted by atomic mass is 19.4. The number of halogens is 3. The number of alkyl halides is 3. The Morgan fingerprint density at radius 2 is 2.15 bits per heavy atom. The van der Waals surface area contributed by atoms with Crippen LogP contribution in [0.25, 0.3) is 0 Å². The zero-order valence-electron chi connectivity index (χ0n) is 6.71. The van der Waals surface area contributed by atoms with E-state index in [4.69, 9.17) is 0 Å². The molecule has 72 valence electrons. The zero-order chi connectivity index (χ0) is 9.73. The molecule has 0 aromatic rings. The van der Waals surface area contributed by atoms with Gasteiger partial charge >= 0.3 is 6.18 Å². The number of aliphatic imine (C=N–C) groups is 1. The highest BCUT2D eigenvalue weighted by Crippen LogP contribution is 2.15. The number of nitrogens with zero attached hydrogens (tertiary/aromatic N) is 1. The lowest BCUT2D eigenvalue weighted by Crippen LogP contribution is -2.19. The second-order valence-electron chi connectivity index (χ2n) is 2.40. The first kappa shape index (κ1) is 9.83. The van der Waals surface area contributed by atoms with E-state index < -0.39 is 12.8 Å². The van der Waals surface area contributed by atoms with Gasteiger partial charge in [-0.15, -0.1) is 0 Å². The Morgan fingerprint density at radius 3 is 2.85 bits per heavy atom. The van der Waals surface area contributed by atoms with Gasteiger partial charge in [-0.3, -0.25) is 0 Å². The molecule has 0 saturated carbocycles. The van der Waals surface area contributed by atoms with Crippen LogP contribution >= 0.6 is 0 Å². The van der Waals surface area contributed by atoms with Crippen molar-refractivity contribution in [2.75, 3.05) is 6.61 Å². The van der Waals surface area contributed by atoms with Gasteiger partial charge in [0.2, 0.25) is 0 Å². The zero-order valence-corrected chi connectivity index (χ0v) is 6.71. The molecule has 0 aromatic heterocycles. The molecule has 0 spiro atoms. The molecular formula is C8H8F3NO. The lowest BCUT2D eigenvalue weighted by Gasteiger charge is -2.08. The molecule has 0 saturated heterocycles. The first-order chi connectivity index (χ1) is 6.08. The van der Waals surface area contributed by atoms with E-state index in [-0.39, 0.29) is 5.90 Å². The summed E-state index contributed by atoms with van der Waals surface area (Å²) in [5.41, 5.74) is 0. The Hall–Kier alpha value is -1.26. The molecule has 1 aliphatic heterocycles. The first-order valence-electron chi connectivity index (χ1n) is 3.66. The van der Waals surface area contributed by atoms with Crippen molar-refractivity contribution >= 4 is 5.90 Å². The Labute approximate surface area is 73.4 Å². The van der Waals surface area contributed by atoms with Crippen LogP contribution in [0.5, 0.6) is 0 Å². The van der Waals surface area contributed by atoms with Crippen molar-refractivity contribution in [2.24, 2.45) is 4.99 Å². The maximum atomic E-state index is 11.7. The van der Waals surface area contributed by atoms with Crippen molar-refractivity contribution in [2.45, 2.75) is 12.6 Å². The molecule has 0 atom stereocenters. The van der Waals surface area contributed by atoms with Gasteiger partial charge in [0, 0.05) is 12.6 Å². The molecule has 0 aliphatic carbocycles. The molecule has 0 N–H and O–H groups in total. The molecule has 1 heterocycles. The molecule has 13 heavy (non-hydrogen) atoms. The smallest absolute Gasteiger partial charge is 0.422 e. The summed E-state index contributed by atoms with van der Waals surface area (Å²) in [6.07, 6.45) is 2.40. The van der Waals surface area contributed by atoms with Crippen molar-refractivity contribution in [1.82, 2.24) is 0 Å². The van der Waals surface area contributed by atoms with Crippen LogP contribution in [0.15, 0.2) is 29.4 Å². The second-order valence-corrected chi connectivity index (χ2v) is 2.40. The van der Waals surface area contributed by atoms with Gasteiger partial charge < -0.3 is 4.74 Å². The number of rotatable bonds is 1. The number of hydrogen-bond acceptors (Lipinski definition) is 2. The summed E-state index contributed by atoms with van der Waals surface area (Å²) >= 11 is 0. The van der Waals surface area contributed by atoms with Gasteiger partial charge in [0.25, 0.3) is 0 Å². The van der Waals surface area contributed by atoms with Crippen LogP contribution in [0.3, 0.4) is 0 Å². The third kappa shape index (κ3) is 4.35. The SMILES string of the molecule is FC(F)(F)COC1=NC=CC=CC1. The summed E-state index contributed by atoms with van der Waals surface area (Å²) in [6.45, 7) is -1.28. The van der Waals surface area contributed by atoms with Crippen molar-refractivity contribution in [3.63, 3.8) is 0 Å². The summed E-state index contributed by atoms with van der Waals surface area (Å²) < 4.78 is 39.5. The van der Waals surface area contributed by atoms with Crippen LogP contribution in [-0.2, 0) is 4.74 Å². The van der Waals surface area contributed by atoms with E-state index in [1.807, 2.05) is 0 Å². The van der Waals surface area contributed by atoms with Crippen molar-refractivity contribution in [3.05, 3.63) is 24.4 Å². The predicted molar refractivity (Wildman–Crippen MR) is 42.3 cm³/mol. The maximum Gasteiger partial charge on any atom is 0.422 e. The minimum atomic E-state index is -4.30. The monoisotopic (exact) mass is 191 g/mol. The van der Waals surface area contributed by atoms with Crippen LogP contribution in [0, 0.1) is 0 Å². The molecular weight excluding hydrogens is 183 g/mol. The van der Waals surface area contributed by atoms with Gasteiger partial charge in [-0.05, 0) is 6.08 Å². The van der Waals surface area contributed by atoms with Crippen LogP contribution in [0.4, 0.5) is 13.2 Å². The average Bonchev–Trinajstić information content (AvgIpc) is 2.26. The minimum Gasteiger partial charge on any atom is -0.471 e. The standard InChI is InChI=1S/C8H8F3NO/c9-8(10,11)6-13-7-4-2-1-3-5-12-7/h1-3,5H,4,6H2. The summed E-state index contributed by atoms with van der Waals surface area (Å²) in [7, 11) is 0. The predicted octanol–water partition coefficient (Wildman–Crippen LogP) is 2.44. The van der Waals surface area contributed by atoms with Crippen LogP contribution in [-0.4, -0.2) is 18.7 Å². The lowest BCUT2D eigenvalue weighted by molar-refractivity contribution is -0.156. The van der Waals surface area contributed by atoms with Crippen LogP contribution in [0.2, 0.25) is 0 Å². The Balaban J connectivity index is 2.41. The number of ether oxygens (including phenoxy) is 1. The van der Waals surface area contributed by atoms with E-state index in [0.29, 0.717) is 6.42 Å². The molecule has 0 bridgehead atoms. The number of hydrogen-bond donors (Lipinski definition) is 0. The summed E-state index contributed by atoms with van der Waals surface area (Å²) in [5, 5.41) is 0. The van der Waals surface area contributed by atoms with Crippen LogP contribution in [0.1, 0.15) is 6.42 Å². The first-order valence-corrected chi connectivity index (χ1v) is 3.66. The van der Waals surface area contributed by atoms with Gasteiger partial charge in [-0.25, -0.2) is 4.99 Å². The van der Waals surface area contributed by atoms with Crippen molar-refractivity contribution in [1.29, 1.82) is 0 Å². The summed E-state index contributed by atoms with van der Waals surface area (Å²) in [6, 6.07) is 0. The van der Waals surface area contributed by atoms with Gasteiger partial charge in [0.15, 0.2) is 12.5 Å². The molecule has 0 unspecified atom stereocenters. The van der Waals surface area contributed by atoms with E-state index in [9.17, 15) is 13.2 Å². The van der Waals surface area contributed by atoms with Gasteiger partial charge in [-0.1, -0.05) is 12.2 Å². The molecule has 0 fully saturated rings. The molecule has 0 radical (unpaired) electrons. The molecule has 5 heteroatoms. The third-order valence-corrected chi connectivity index (χ3v) is 1.25. The fourth-order valence-corrected chi connectivity index (χ4v) is 0.737. The quantitative estimate of drug-likeness (QED) is 0.623. The van der Waals surface area contributed by atoms with E-state index in [1.54, 1.807) is 18.2 Å². The normalized spacial score (nSPS) is 16.7. The van der Waals surface area contributed by atoms with Crippen LogP contribution < -0.4 is 0 Å². The molecule has 0 amide bonds. The maximum absolute atomic E-state index is 11.7. The topological polar surface area (TPSA) is 21.6 Å². The number of allylic oxidation sites excluding steroid dienone is 2. The van der Waals surface area contributed by atoms with Crippen molar-refractivity contribution in [3.8, 4) is 0 Å². The highest BCUT2D eigenvalue weighted by Gasteiger charge is 2.28. The molecule has 2 nitrogen and oxygen atoms in total. The van der Waals surface area contributed by atoms with E-state index in [0.717, 1.165) is 0 Å². The van der Waals surface area contributed by atoms with Crippen molar-refractivity contribution < 1.29 is 17.9 Å². The molecule has 1 aliphatic rings. The fraction of sp³-hybridized carbons (Fsp3) is 0.375. The Bertz CT molecular complexity index is 253. The van der Waals surface area contributed by atoms with Gasteiger partial charge in [0.05, 0.1) is 0 Å². The fourth-order valence-electron chi connectivity index (χ4n) is 0.737. The minimum absolute atomic E-state index is 0.0855. The van der Waals surface area contributed by atoms with E-state index in [1.165, 1.54) is 6.20 Å². The van der Waals surface area contributed by atoms with Gasteiger partial charge in [0.1, 0.15) is 0 Å². The van der Waals surface area contributed by atoms with E-state index in [2.05, 4.69) is 9.73 Å². The highest BCUT2D eigenvalue weighted by molar-refractivity contribution is 5.78. The third-order valence-electron chi connectivity index (χ3n) is 1.25. The Kier molecular flexibility index (Phi) is 3.11.